The van der Waals surface area contributed by atoms with Crippen molar-refractivity contribution in [2.24, 2.45) is 5.73 Å². The third-order valence-electron chi connectivity index (χ3n) is 2.55. The molecule has 1 aromatic rings. The minimum Gasteiger partial charge on any atom is -0.382 e. The summed E-state index contributed by atoms with van der Waals surface area (Å²) in [6.07, 6.45) is 2.48. The zero-order valence-corrected chi connectivity index (χ0v) is 10.8. The Hall–Kier alpha value is -0.640. The molecule has 0 fully saturated rings. The van der Waals surface area contributed by atoms with Crippen LogP contribution in [0.3, 0.4) is 0 Å². The van der Waals surface area contributed by atoms with Crippen molar-refractivity contribution in [2.45, 2.75) is 32.2 Å². The fourth-order valence-electron chi connectivity index (χ4n) is 1.66. The van der Waals surface area contributed by atoms with E-state index in [0.717, 1.165) is 31.6 Å². The molecule has 0 aliphatic heterocycles. The molecule has 2 nitrogen and oxygen atoms in total. The highest BCUT2D eigenvalue weighted by Gasteiger charge is 2.06. The molecule has 96 valence electrons. The molecule has 2 N–H and O–H groups in total. The summed E-state index contributed by atoms with van der Waals surface area (Å²) in [5.41, 5.74) is 6.85. The van der Waals surface area contributed by atoms with Crippen LogP contribution in [-0.2, 0) is 11.2 Å². The number of rotatable bonds is 7. The summed E-state index contributed by atoms with van der Waals surface area (Å²) in [6.45, 7) is 3.44. The summed E-state index contributed by atoms with van der Waals surface area (Å²) in [4.78, 5) is 0. The van der Waals surface area contributed by atoms with Gasteiger partial charge in [0.05, 0.1) is 5.02 Å². The Morgan fingerprint density at radius 3 is 2.88 bits per heavy atom. The molecule has 1 rings (SSSR count). The maximum Gasteiger partial charge on any atom is 0.142 e. The fourth-order valence-corrected chi connectivity index (χ4v) is 1.78. The summed E-state index contributed by atoms with van der Waals surface area (Å²) in [7, 11) is 0. The molecule has 0 aliphatic carbocycles. The molecule has 0 spiro atoms. The summed E-state index contributed by atoms with van der Waals surface area (Å²) >= 11 is 5.61. The van der Waals surface area contributed by atoms with Gasteiger partial charge in [0.1, 0.15) is 5.82 Å². The maximum atomic E-state index is 13.2. The van der Waals surface area contributed by atoms with Gasteiger partial charge in [-0.3, -0.25) is 0 Å². The van der Waals surface area contributed by atoms with E-state index >= 15 is 0 Å². The Kier molecular flexibility index (Phi) is 6.48. The lowest BCUT2D eigenvalue weighted by Gasteiger charge is -2.11. The van der Waals surface area contributed by atoms with Crippen LogP contribution in [-0.4, -0.2) is 19.3 Å². The van der Waals surface area contributed by atoms with Crippen LogP contribution in [0.25, 0.3) is 0 Å². The standard InChI is InChI=1S/C13H19ClFNO/c1-2-17-7-3-4-11(16)8-10-5-6-12(14)13(15)9-10/h5-6,9,11H,2-4,7-8,16H2,1H3. The number of halogens is 2. The van der Waals surface area contributed by atoms with E-state index < -0.39 is 0 Å². The van der Waals surface area contributed by atoms with Gasteiger partial charge in [-0.1, -0.05) is 17.7 Å². The molecular weight excluding hydrogens is 241 g/mol. The molecule has 1 unspecified atom stereocenters. The molecule has 0 saturated heterocycles. The predicted molar refractivity (Wildman–Crippen MR) is 68.8 cm³/mol. The molecule has 1 atom stereocenters. The van der Waals surface area contributed by atoms with E-state index in [0.29, 0.717) is 6.42 Å². The van der Waals surface area contributed by atoms with Gasteiger partial charge < -0.3 is 10.5 Å². The molecule has 4 heteroatoms. The average Bonchev–Trinajstić information content (AvgIpc) is 2.30. The molecule has 0 amide bonds. The molecule has 17 heavy (non-hydrogen) atoms. The first-order chi connectivity index (χ1) is 8.13. The first kappa shape index (κ1) is 14.4. The largest absolute Gasteiger partial charge is 0.382 e. The van der Waals surface area contributed by atoms with Crippen molar-refractivity contribution in [1.29, 1.82) is 0 Å². The van der Waals surface area contributed by atoms with Gasteiger partial charge in [-0.05, 0) is 43.9 Å². The highest BCUT2D eigenvalue weighted by Crippen LogP contribution is 2.16. The van der Waals surface area contributed by atoms with Gasteiger partial charge in [0.2, 0.25) is 0 Å². The van der Waals surface area contributed by atoms with Crippen molar-refractivity contribution >= 4 is 11.6 Å². The van der Waals surface area contributed by atoms with E-state index in [1.54, 1.807) is 6.07 Å². The van der Waals surface area contributed by atoms with Gasteiger partial charge in [0.15, 0.2) is 0 Å². The summed E-state index contributed by atoms with van der Waals surface area (Å²) in [6, 6.07) is 4.87. The highest BCUT2D eigenvalue weighted by molar-refractivity contribution is 6.30. The van der Waals surface area contributed by atoms with Crippen molar-refractivity contribution in [3.63, 3.8) is 0 Å². The van der Waals surface area contributed by atoms with Gasteiger partial charge in [-0.15, -0.1) is 0 Å². The monoisotopic (exact) mass is 259 g/mol. The van der Waals surface area contributed by atoms with Crippen molar-refractivity contribution in [3.8, 4) is 0 Å². The highest BCUT2D eigenvalue weighted by atomic mass is 35.5. The number of nitrogens with two attached hydrogens (primary N) is 1. The Morgan fingerprint density at radius 2 is 2.24 bits per heavy atom. The Morgan fingerprint density at radius 1 is 1.47 bits per heavy atom. The van der Waals surface area contributed by atoms with Crippen LogP contribution in [0.15, 0.2) is 18.2 Å². The quantitative estimate of drug-likeness (QED) is 0.764. The van der Waals surface area contributed by atoms with E-state index in [2.05, 4.69) is 0 Å². The smallest absolute Gasteiger partial charge is 0.142 e. The fraction of sp³-hybridized carbons (Fsp3) is 0.538. The molecular formula is C13H19ClFNO. The van der Waals surface area contributed by atoms with E-state index in [1.165, 1.54) is 6.07 Å². The van der Waals surface area contributed by atoms with E-state index in [4.69, 9.17) is 22.1 Å². The predicted octanol–water partition coefficient (Wildman–Crippen LogP) is 3.17. The van der Waals surface area contributed by atoms with Crippen LogP contribution < -0.4 is 5.73 Å². The second-order valence-electron chi connectivity index (χ2n) is 4.05. The van der Waals surface area contributed by atoms with Crippen molar-refractivity contribution in [2.75, 3.05) is 13.2 Å². The number of hydrogen-bond acceptors (Lipinski definition) is 2. The van der Waals surface area contributed by atoms with E-state index in [9.17, 15) is 4.39 Å². The topological polar surface area (TPSA) is 35.2 Å². The third-order valence-corrected chi connectivity index (χ3v) is 2.86. The van der Waals surface area contributed by atoms with Crippen molar-refractivity contribution in [3.05, 3.63) is 34.6 Å². The second kappa shape index (κ2) is 7.64. The van der Waals surface area contributed by atoms with Gasteiger partial charge >= 0.3 is 0 Å². The van der Waals surface area contributed by atoms with Crippen LogP contribution in [0.4, 0.5) is 4.39 Å². The first-order valence-corrected chi connectivity index (χ1v) is 6.28. The van der Waals surface area contributed by atoms with Crippen LogP contribution >= 0.6 is 11.6 Å². The lowest BCUT2D eigenvalue weighted by atomic mass is 10.0. The molecule has 0 radical (unpaired) electrons. The summed E-state index contributed by atoms with van der Waals surface area (Å²) < 4.78 is 18.4. The third kappa shape index (κ3) is 5.48. The minimum atomic E-state index is -0.384. The normalized spacial score (nSPS) is 12.7. The van der Waals surface area contributed by atoms with E-state index in [-0.39, 0.29) is 16.9 Å². The van der Waals surface area contributed by atoms with Gasteiger partial charge in [0, 0.05) is 19.3 Å². The maximum absolute atomic E-state index is 13.2. The number of hydrogen-bond donors (Lipinski definition) is 1. The Bertz CT molecular complexity index is 346. The first-order valence-electron chi connectivity index (χ1n) is 5.90. The van der Waals surface area contributed by atoms with Crippen molar-refractivity contribution in [1.82, 2.24) is 0 Å². The summed E-state index contributed by atoms with van der Waals surface area (Å²) in [5.74, 6) is -0.384. The van der Waals surface area contributed by atoms with Gasteiger partial charge in [-0.25, -0.2) is 4.39 Å². The molecule has 1 aromatic carbocycles. The van der Waals surface area contributed by atoms with Crippen LogP contribution in [0.1, 0.15) is 25.3 Å². The lowest BCUT2D eigenvalue weighted by Crippen LogP contribution is -2.23. The van der Waals surface area contributed by atoms with Gasteiger partial charge in [0.25, 0.3) is 0 Å². The average molecular weight is 260 g/mol. The second-order valence-corrected chi connectivity index (χ2v) is 4.46. The van der Waals surface area contributed by atoms with Crippen molar-refractivity contribution < 1.29 is 9.13 Å². The zero-order chi connectivity index (χ0) is 12.7. The van der Waals surface area contributed by atoms with Crippen LogP contribution in [0.2, 0.25) is 5.02 Å². The number of benzene rings is 1. The Labute approximate surface area is 107 Å². The van der Waals surface area contributed by atoms with E-state index in [1.807, 2.05) is 13.0 Å². The Balaban J connectivity index is 2.34. The SMILES string of the molecule is CCOCCCC(N)Cc1ccc(Cl)c(F)c1. The minimum absolute atomic E-state index is 0.0380. The number of ether oxygens (including phenoxy) is 1. The molecule has 0 heterocycles. The van der Waals surface area contributed by atoms with Crippen LogP contribution in [0, 0.1) is 5.82 Å². The van der Waals surface area contributed by atoms with Crippen LogP contribution in [0.5, 0.6) is 0 Å². The molecule has 0 saturated carbocycles. The zero-order valence-electron chi connectivity index (χ0n) is 10.1. The molecule has 0 aliphatic rings. The molecule has 0 aromatic heterocycles. The summed E-state index contributed by atoms with van der Waals surface area (Å²) in [5, 5.41) is 0.152. The molecule has 0 bridgehead atoms. The lowest BCUT2D eigenvalue weighted by molar-refractivity contribution is 0.142. The van der Waals surface area contributed by atoms with Gasteiger partial charge in [-0.2, -0.15) is 0 Å².